The van der Waals surface area contributed by atoms with Gasteiger partial charge < -0.3 is 9.30 Å². The van der Waals surface area contributed by atoms with Crippen molar-refractivity contribution in [3.8, 4) is 0 Å². The molecule has 0 saturated carbocycles. The second-order valence-electron chi connectivity index (χ2n) is 9.25. The Kier molecular flexibility index (Phi) is 11.7. The first-order valence-electron chi connectivity index (χ1n) is 7.00. The second kappa shape index (κ2) is 8.76. The van der Waals surface area contributed by atoms with Gasteiger partial charge in [-0.3, -0.25) is 0 Å². The molecule has 0 aliphatic rings. The molecule has 114 valence electrons. The molecule has 0 aromatic carbocycles. The predicted octanol–water partition coefficient (Wildman–Crippen LogP) is 4.49. The van der Waals surface area contributed by atoms with Gasteiger partial charge in [0.15, 0.2) is 0 Å². The van der Waals surface area contributed by atoms with Crippen LogP contribution in [0, 0.1) is 0 Å². The van der Waals surface area contributed by atoms with Crippen molar-refractivity contribution in [1.82, 2.24) is 9.30 Å². The minimum Gasteiger partial charge on any atom is -0.360 e. The molecule has 0 fully saturated rings. The third kappa shape index (κ3) is 32.7. The van der Waals surface area contributed by atoms with Gasteiger partial charge >= 0.3 is 0 Å². The van der Waals surface area contributed by atoms with E-state index < -0.39 is 32.9 Å². The Hall–Kier alpha value is 1.41. The molecule has 0 saturated heterocycles. The summed E-state index contributed by atoms with van der Waals surface area (Å²) in [6, 6.07) is 0. The number of rotatable bonds is 4. The fourth-order valence-electron chi connectivity index (χ4n) is 2.25. The normalized spacial score (nSPS) is 13.3. The first kappa shape index (κ1) is 25.4. The van der Waals surface area contributed by atoms with Crippen LogP contribution in [0.5, 0.6) is 0 Å². The topological polar surface area (TPSA) is 24.1 Å². The van der Waals surface area contributed by atoms with Gasteiger partial charge in [-0.2, -0.15) is 0 Å². The minimum absolute atomic E-state index is 0. The summed E-state index contributed by atoms with van der Waals surface area (Å²) < 4.78 is 7.47. The van der Waals surface area contributed by atoms with E-state index in [0.29, 0.717) is 0 Å². The molecule has 0 aromatic heterocycles. The van der Waals surface area contributed by atoms with Crippen molar-refractivity contribution in [3.63, 3.8) is 0 Å². The molecule has 0 heterocycles. The quantitative estimate of drug-likeness (QED) is 0.694. The van der Waals surface area contributed by atoms with E-state index in [1.54, 1.807) is 0 Å². The molecule has 0 unspecified atom stereocenters. The summed E-state index contributed by atoms with van der Waals surface area (Å²) >= 11 is 0. The molecule has 0 atom stereocenters. The van der Waals surface area contributed by atoms with Crippen LogP contribution in [-0.2, 0) is 19.5 Å². The van der Waals surface area contributed by atoms with Gasteiger partial charge in [0.1, 0.15) is 32.9 Å². The summed E-state index contributed by atoms with van der Waals surface area (Å²) in [5.74, 6) is 0. The van der Waals surface area contributed by atoms with Crippen LogP contribution in [0.3, 0.4) is 0 Å². The van der Waals surface area contributed by atoms with Crippen LogP contribution in [0.25, 0.3) is 0 Å². The van der Waals surface area contributed by atoms with Crippen molar-refractivity contribution in [3.05, 3.63) is 0 Å². The van der Waals surface area contributed by atoms with E-state index in [1.807, 2.05) is 0 Å². The van der Waals surface area contributed by atoms with E-state index in [9.17, 15) is 0 Å². The molecule has 0 spiro atoms. The third-order valence-corrected chi connectivity index (χ3v) is 13.5. The smallest absolute Gasteiger partial charge is 0.109 e. The van der Waals surface area contributed by atoms with E-state index in [-0.39, 0.29) is 19.5 Å². The van der Waals surface area contributed by atoms with Crippen LogP contribution in [0.2, 0.25) is 78.6 Å². The maximum absolute atomic E-state index is 3.74. The fourth-order valence-corrected chi connectivity index (χ4v) is 20.2. The summed E-state index contributed by atoms with van der Waals surface area (Å²) in [6.07, 6.45) is 0. The standard InChI is InChI=1S/2C6H19NSi2.Zn/c2*1-8(2,3)7-9(4,5)6;/h2*7H,1-6H3;. The van der Waals surface area contributed by atoms with Crippen LogP contribution < -0.4 is 9.30 Å². The van der Waals surface area contributed by atoms with Gasteiger partial charge in [0, 0.05) is 19.5 Å². The zero-order chi connectivity index (χ0) is 15.4. The Bertz CT molecular complexity index is 184. The van der Waals surface area contributed by atoms with Gasteiger partial charge in [-0.25, -0.2) is 0 Å². The van der Waals surface area contributed by atoms with Crippen LogP contribution >= 0.6 is 0 Å². The first-order chi connectivity index (χ1) is 7.41. The number of hydrogen-bond acceptors (Lipinski definition) is 2. The van der Waals surface area contributed by atoms with Crippen LogP contribution in [0.15, 0.2) is 0 Å². The van der Waals surface area contributed by atoms with Gasteiger partial charge in [0.05, 0.1) is 0 Å². The third-order valence-electron chi connectivity index (χ3n) is 1.50. The van der Waals surface area contributed by atoms with Gasteiger partial charge in [0.2, 0.25) is 0 Å². The minimum atomic E-state index is -0.981. The fraction of sp³-hybridized carbons (Fsp3) is 1.00. The summed E-state index contributed by atoms with van der Waals surface area (Å²) in [4.78, 5) is 0. The summed E-state index contributed by atoms with van der Waals surface area (Å²) in [6.45, 7) is 28.2. The SMILES string of the molecule is C[Si](C)(C)N[Si](C)(C)C.C[Si](C)(C)N[Si](C)(C)C.[Zn]. The predicted molar refractivity (Wildman–Crippen MR) is 99.7 cm³/mol. The Morgan fingerprint density at radius 3 is 0.474 bits per heavy atom. The van der Waals surface area contributed by atoms with Crippen molar-refractivity contribution in [2.75, 3.05) is 0 Å². The largest absolute Gasteiger partial charge is 0.360 e. The van der Waals surface area contributed by atoms with E-state index in [2.05, 4.69) is 87.9 Å². The van der Waals surface area contributed by atoms with E-state index in [4.69, 9.17) is 0 Å². The number of nitrogens with one attached hydrogen (secondary N) is 2. The molecule has 0 amide bonds. The Morgan fingerprint density at radius 1 is 0.368 bits per heavy atom. The first-order valence-corrected chi connectivity index (χ1v) is 21.0. The van der Waals surface area contributed by atoms with Crippen molar-refractivity contribution in [2.24, 2.45) is 0 Å². The van der Waals surface area contributed by atoms with E-state index >= 15 is 0 Å². The Balaban J connectivity index is -0.000000256. The Morgan fingerprint density at radius 2 is 0.474 bits per heavy atom. The summed E-state index contributed by atoms with van der Waals surface area (Å²) in [7, 11) is -3.92. The molecule has 2 nitrogen and oxygen atoms in total. The van der Waals surface area contributed by atoms with Gasteiger partial charge in [-0.05, 0) is 0 Å². The molecule has 0 bridgehead atoms. The van der Waals surface area contributed by atoms with E-state index in [0.717, 1.165) is 0 Å². The van der Waals surface area contributed by atoms with Crippen LogP contribution in [0.1, 0.15) is 0 Å². The van der Waals surface area contributed by atoms with Crippen LogP contribution in [-0.4, -0.2) is 32.9 Å². The molecule has 0 aliphatic heterocycles. The molecule has 0 radical (unpaired) electrons. The molecular weight excluding hydrogens is 350 g/mol. The molecule has 0 aromatic rings. The Labute approximate surface area is 140 Å². The van der Waals surface area contributed by atoms with Gasteiger partial charge in [-0.1, -0.05) is 78.6 Å². The van der Waals surface area contributed by atoms with Gasteiger partial charge in [0.25, 0.3) is 0 Å². The zero-order valence-corrected chi connectivity index (χ0v) is 22.7. The molecule has 0 aliphatic carbocycles. The molecular formula is C12H38N2Si4Zn. The van der Waals surface area contributed by atoms with Crippen molar-refractivity contribution >= 4 is 32.9 Å². The zero-order valence-electron chi connectivity index (χ0n) is 15.7. The van der Waals surface area contributed by atoms with E-state index in [1.165, 1.54) is 0 Å². The van der Waals surface area contributed by atoms with Crippen molar-refractivity contribution in [2.45, 2.75) is 78.6 Å². The van der Waals surface area contributed by atoms with Crippen molar-refractivity contribution < 1.29 is 19.5 Å². The molecule has 19 heavy (non-hydrogen) atoms. The molecule has 0 rings (SSSR count). The van der Waals surface area contributed by atoms with Crippen LogP contribution in [0.4, 0.5) is 0 Å². The van der Waals surface area contributed by atoms with Gasteiger partial charge in [-0.15, -0.1) is 0 Å². The molecule has 2 N–H and O–H groups in total. The summed E-state index contributed by atoms with van der Waals surface area (Å²) in [5.41, 5.74) is 0. The maximum Gasteiger partial charge on any atom is 0.109 e. The average Bonchev–Trinajstić information content (AvgIpc) is 1.64. The monoisotopic (exact) mass is 386 g/mol. The average molecular weight is 388 g/mol. The molecule has 7 heteroatoms. The summed E-state index contributed by atoms with van der Waals surface area (Å²) in [5, 5.41) is 0. The second-order valence-corrected chi connectivity index (χ2v) is 29.2. The van der Waals surface area contributed by atoms with Crippen molar-refractivity contribution in [1.29, 1.82) is 0 Å². The number of hydrogen-bond donors (Lipinski definition) is 2. The maximum atomic E-state index is 3.74.